The van der Waals surface area contributed by atoms with Crippen molar-refractivity contribution in [2.45, 2.75) is 57.2 Å². The molecule has 4 rings (SSSR count). The number of aromatic nitrogens is 3. The molecule has 1 aliphatic heterocycles. The molecule has 0 bridgehead atoms. The summed E-state index contributed by atoms with van der Waals surface area (Å²) >= 11 is 0. The number of hydrogen-bond donors (Lipinski definition) is 1. The number of hydrogen-bond acceptors (Lipinski definition) is 3. The van der Waals surface area contributed by atoms with Crippen molar-refractivity contribution in [3.63, 3.8) is 0 Å². The first-order valence-corrected chi connectivity index (χ1v) is 9.80. The number of benzene rings is 1. The van der Waals surface area contributed by atoms with Crippen LogP contribution in [0, 0.1) is 5.92 Å². The summed E-state index contributed by atoms with van der Waals surface area (Å²) < 4.78 is 41.7. The van der Waals surface area contributed by atoms with Gasteiger partial charge in [-0.1, -0.05) is 24.6 Å². The maximum absolute atomic E-state index is 13.2. The van der Waals surface area contributed by atoms with Gasteiger partial charge in [0.05, 0.1) is 5.56 Å². The molecule has 5 nitrogen and oxygen atoms in total. The fourth-order valence-electron chi connectivity index (χ4n) is 4.07. The van der Waals surface area contributed by atoms with E-state index in [1.807, 2.05) is 0 Å². The Hall–Kier alpha value is -2.38. The number of nitrogens with one attached hydrogen (secondary N) is 1. The van der Waals surface area contributed by atoms with Gasteiger partial charge in [0.15, 0.2) is 0 Å². The van der Waals surface area contributed by atoms with Gasteiger partial charge in [-0.05, 0) is 36.8 Å². The molecule has 1 N–H and O–H groups in total. The zero-order valence-electron chi connectivity index (χ0n) is 15.5. The van der Waals surface area contributed by atoms with Crippen LogP contribution in [0.25, 0.3) is 0 Å². The highest BCUT2D eigenvalue weighted by molar-refractivity contribution is 5.83. The van der Waals surface area contributed by atoms with Gasteiger partial charge in [0.1, 0.15) is 11.6 Å². The predicted octanol–water partition coefficient (Wildman–Crippen LogP) is 3.49. The van der Waals surface area contributed by atoms with E-state index in [-0.39, 0.29) is 23.3 Å². The van der Waals surface area contributed by atoms with E-state index in [0.29, 0.717) is 19.4 Å². The topological polar surface area (TPSA) is 59.8 Å². The molecular weight excluding hydrogens is 369 g/mol. The lowest BCUT2D eigenvalue weighted by molar-refractivity contribution is -0.138. The third-order valence-electron chi connectivity index (χ3n) is 5.63. The van der Waals surface area contributed by atoms with Gasteiger partial charge < -0.3 is 9.88 Å². The lowest BCUT2D eigenvalue weighted by Gasteiger charge is -2.12. The summed E-state index contributed by atoms with van der Waals surface area (Å²) in [5, 5.41) is 11.3. The molecule has 1 amide bonds. The quantitative estimate of drug-likeness (QED) is 0.848. The molecule has 1 saturated carbocycles. The van der Waals surface area contributed by atoms with Crippen molar-refractivity contribution in [3.8, 4) is 0 Å². The number of aryl methyl sites for hydroxylation is 1. The molecule has 2 unspecified atom stereocenters. The number of rotatable bonds is 5. The lowest BCUT2D eigenvalue weighted by Crippen LogP contribution is -2.28. The second-order valence-corrected chi connectivity index (χ2v) is 7.57. The van der Waals surface area contributed by atoms with E-state index >= 15 is 0 Å². The average molecular weight is 392 g/mol. The minimum absolute atomic E-state index is 0.183. The number of carbonyl (C=O) groups excluding carboxylic acids is 1. The van der Waals surface area contributed by atoms with Crippen LogP contribution in [0.2, 0.25) is 0 Å². The molecule has 1 aromatic heterocycles. The maximum atomic E-state index is 13.2. The molecule has 2 aliphatic rings. The van der Waals surface area contributed by atoms with Crippen LogP contribution in [0.5, 0.6) is 0 Å². The maximum Gasteiger partial charge on any atom is 0.416 e. The molecular formula is C20H23F3N4O. The monoisotopic (exact) mass is 392 g/mol. The van der Waals surface area contributed by atoms with E-state index in [0.717, 1.165) is 43.5 Å². The van der Waals surface area contributed by atoms with Crippen molar-refractivity contribution < 1.29 is 18.0 Å². The van der Waals surface area contributed by atoms with Crippen molar-refractivity contribution >= 4 is 5.91 Å². The number of fused-ring (bicyclic) bond motifs is 1. The van der Waals surface area contributed by atoms with Gasteiger partial charge in [0, 0.05) is 31.8 Å². The largest absolute Gasteiger partial charge is 0.416 e. The Bertz CT molecular complexity index is 861. The minimum atomic E-state index is -4.40. The molecule has 0 saturated heterocycles. The van der Waals surface area contributed by atoms with E-state index in [2.05, 4.69) is 20.1 Å². The molecule has 2 aromatic rings. The van der Waals surface area contributed by atoms with Crippen LogP contribution in [0.4, 0.5) is 13.2 Å². The summed E-state index contributed by atoms with van der Waals surface area (Å²) in [6.45, 7) is 1.33. The lowest BCUT2D eigenvalue weighted by atomic mass is 10.0. The summed E-state index contributed by atoms with van der Waals surface area (Å²) in [5.74, 6) is 0.940. The van der Waals surface area contributed by atoms with Gasteiger partial charge in [-0.15, -0.1) is 10.2 Å². The third-order valence-corrected chi connectivity index (χ3v) is 5.63. The first-order valence-electron chi connectivity index (χ1n) is 9.80. The summed E-state index contributed by atoms with van der Waals surface area (Å²) in [6.07, 6.45) is 0.980. The van der Waals surface area contributed by atoms with Gasteiger partial charge in [-0.3, -0.25) is 4.79 Å². The van der Waals surface area contributed by atoms with E-state index < -0.39 is 11.7 Å². The Morgan fingerprint density at radius 3 is 2.82 bits per heavy atom. The van der Waals surface area contributed by atoms with Crippen LogP contribution in [0.15, 0.2) is 24.3 Å². The molecule has 0 spiro atoms. The summed E-state index contributed by atoms with van der Waals surface area (Å²) in [7, 11) is 0. The van der Waals surface area contributed by atoms with Crippen LogP contribution in [-0.4, -0.2) is 27.2 Å². The van der Waals surface area contributed by atoms with E-state index in [1.54, 1.807) is 6.07 Å². The first-order chi connectivity index (χ1) is 13.4. The zero-order chi connectivity index (χ0) is 19.7. The third kappa shape index (κ3) is 3.91. The molecule has 8 heteroatoms. The molecule has 1 fully saturated rings. The molecule has 1 aromatic carbocycles. The number of amides is 1. The van der Waals surface area contributed by atoms with Crippen LogP contribution < -0.4 is 5.32 Å². The highest BCUT2D eigenvalue weighted by atomic mass is 19.4. The standard InChI is InChI=1S/C20H23F3N4O/c21-20(22,23)16-7-4-3-6-13(16)14-12-15(14)19(28)24-10-9-18-26-25-17-8-2-1-5-11-27(17)18/h3-4,6-7,14-15H,1-2,5,8-12H2,(H,24,28). The van der Waals surface area contributed by atoms with Crippen LogP contribution in [0.3, 0.4) is 0 Å². The summed E-state index contributed by atoms with van der Waals surface area (Å²) in [4.78, 5) is 12.4. The SMILES string of the molecule is O=C(NCCc1nnc2n1CCCCC2)C1CC1c1ccccc1C(F)(F)F. The number of alkyl halides is 3. The van der Waals surface area contributed by atoms with Gasteiger partial charge in [-0.25, -0.2) is 0 Å². The fourth-order valence-corrected chi connectivity index (χ4v) is 4.07. The second kappa shape index (κ2) is 7.56. The Morgan fingerprint density at radius 1 is 1.18 bits per heavy atom. The van der Waals surface area contributed by atoms with Gasteiger partial charge in [0.2, 0.25) is 5.91 Å². The van der Waals surface area contributed by atoms with E-state index in [9.17, 15) is 18.0 Å². The number of halogens is 3. The first kappa shape index (κ1) is 19.0. The second-order valence-electron chi connectivity index (χ2n) is 7.57. The van der Waals surface area contributed by atoms with Gasteiger partial charge in [-0.2, -0.15) is 13.2 Å². The number of carbonyl (C=O) groups is 1. The smallest absolute Gasteiger partial charge is 0.355 e. The normalized spacial score (nSPS) is 21.7. The van der Waals surface area contributed by atoms with Gasteiger partial charge in [0.25, 0.3) is 0 Å². The van der Waals surface area contributed by atoms with Crippen LogP contribution in [0.1, 0.15) is 54.4 Å². The van der Waals surface area contributed by atoms with Crippen molar-refractivity contribution in [2.24, 2.45) is 5.92 Å². The minimum Gasteiger partial charge on any atom is -0.355 e. The van der Waals surface area contributed by atoms with Crippen molar-refractivity contribution in [2.75, 3.05) is 6.54 Å². The molecule has 28 heavy (non-hydrogen) atoms. The number of nitrogens with zero attached hydrogens (tertiary/aromatic N) is 3. The fraction of sp³-hybridized carbons (Fsp3) is 0.550. The van der Waals surface area contributed by atoms with Crippen molar-refractivity contribution in [1.29, 1.82) is 0 Å². The molecule has 0 radical (unpaired) electrons. The summed E-state index contributed by atoms with van der Waals surface area (Å²) in [5.41, 5.74) is -0.417. The van der Waals surface area contributed by atoms with Crippen LogP contribution in [-0.2, 0) is 30.4 Å². The van der Waals surface area contributed by atoms with Gasteiger partial charge >= 0.3 is 6.18 Å². The molecule has 2 heterocycles. The van der Waals surface area contributed by atoms with Crippen molar-refractivity contribution in [1.82, 2.24) is 20.1 Å². The Kier molecular flexibility index (Phi) is 5.12. The predicted molar refractivity (Wildman–Crippen MR) is 96.6 cm³/mol. The zero-order valence-corrected chi connectivity index (χ0v) is 15.5. The molecule has 1 aliphatic carbocycles. The Balaban J connectivity index is 1.33. The Morgan fingerprint density at radius 2 is 2.00 bits per heavy atom. The Labute approximate surface area is 161 Å². The molecule has 2 atom stereocenters. The highest BCUT2D eigenvalue weighted by Gasteiger charge is 2.47. The van der Waals surface area contributed by atoms with E-state index in [4.69, 9.17) is 0 Å². The highest BCUT2D eigenvalue weighted by Crippen LogP contribution is 2.51. The molecule has 150 valence electrons. The van der Waals surface area contributed by atoms with E-state index in [1.165, 1.54) is 18.6 Å². The average Bonchev–Trinajstić information content (AvgIpc) is 3.42. The van der Waals surface area contributed by atoms with Crippen LogP contribution >= 0.6 is 0 Å². The summed E-state index contributed by atoms with van der Waals surface area (Å²) in [6, 6.07) is 5.53. The van der Waals surface area contributed by atoms with Crippen molar-refractivity contribution in [3.05, 3.63) is 47.0 Å².